The smallest absolute Gasteiger partial charge is 0.289 e. The highest BCUT2D eigenvalue weighted by Gasteiger charge is 2.32. The predicted octanol–water partition coefficient (Wildman–Crippen LogP) is 4.89. The van der Waals surface area contributed by atoms with Crippen LogP contribution in [-0.2, 0) is 16.0 Å². The summed E-state index contributed by atoms with van der Waals surface area (Å²) in [5.74, 6) is 0. The van der Waals surface area contributed by atoms with E-state index in [1.165, 1.54) is 32.0 Å². The molecule has 0 unspecified atom stereocenters. The Morgan fingerprint density at radius 2 is 1.87 bits per heavy atom. The number of aromatic nitrogens is 2. The molecular weight excluding hydrogens is 511 g/mol. The summed E-state index contributed by atoms with van der Waals surface area (Å²) in [4.78, 5) is 16.7. The lowest BCUT2D eigenvalue weighted by Gasteiger charge is -2.16. The lowest BCUT2D eigenvalue weighted by molar-refractivity contribution is -0.137. The Balaban J connectivity index is 2.20. The Bertz CT molecular complexity index is 1310. The van der Waals surface area contributed by atoms with Crippen LogP contribution in [0.5, 0.6) is 0 Å². The number of alkyl halides is 3. The van der Waals surface area contributed by atoms with Gasteiger partial charge in [0.25, 0.3) is 5.56 Å². The zero-order chi connectivity index (χ0) is 22.4. The van der Waals surface area contributed by atoms with E-state index in [4.69, 9.17) is 11.6 Å². The molecule has 0 saturated carbocycles. The molecule has 12 heteroatoms. The molecule has 0 radical (unpaired) electrons. The van der Waals surface area contributed by atoms with Gasteiger partial charge in [-0.05, 0) is 60.1 Å². The Hall–Kier alpha value is -2.11. The van der Waals surface area contributed by atoms with Gasteiger partial charge in [0.15, 0.2) is 9.84 Å². The number of hydrogen-bond donors (Lipinski definition) is 1. The zero-order valence-corrected chi connectivity index (χ0v) is 18.6. The first-order chi connectivity index (χ1) is 13.8. The first-order valence-electron chi connectivity index (χ1n) is 8.41. The van der Waals surface area contributed by atoms with E-state index in [-0.39, 0.29) is 31.0 Å². The zero-order valence-electron chi connectivity index (χ0n) is 15.5. The molecule has 160 valence electrons. The maximum absolute atomic E-state index is 13.1. The van der Waals surface area contributed by atoms with Crippen molar-refractivity contribution < 1.29 is 21.6 Å². The molecule has 1 N–H and O–H groups in total. The minimum atomic E-state index is -4.66. The van der Waals surface area contributed by atoms with Gasteiger partial charge < -0.3 is 0 Å². The van der Waals surface area contributed by atoms with Crippen LogP contribution in [0.2, 0.25) is 5.02 Å². The van der Waals surface area contributed by atoms with Crippen molar-refractivity contribution >= 4 is 54.0 Å². The van der Waals surface area contributed by atoms with Crippen LogP contribution in [0, 0.1) is 0 Å². The largest absolute Gasteiger partial charge is 0.416 e. The van der Waals surface area contributed by atoms with Crippen molar-refractivity contribution in [2.75, 3.05) is 5.43 Å². The Labute approximate surface area is 182 Å². The molecule has 1 heterocycles. The molecule has 0 aliphatic carbocycles. The number of benzene rings is 2. The third kappa shape index (κ3) is 4.19. The van der Waals surface area contributed by atoms with Crippen LogP contribution < -0.4 is 11.0 Å². The van der Waals surface area contributed by atoms with Gasteiger partial charge in [-0.25, -0.2) is 18.1 Å². The van der Waals surface area contributed by atoms with Gasteiger partial charge in [-0.1, -0.05) is 11.6 Å². The van der Waals surface area contributed by atoms with Crippen molar-refractivity contribution in [2.45, 2.75) is 30.2 Å². The fourth-order valence-electron chi connectivity index (χ4n) is 2.66. The van der Waals surface area contributed by atoms with Crippen LogP contribution in [-0.4, -0.2) is 23.3 Å². The second-order valence-electron chi connectivity index (χ2n) is 6.62. The van der Waals surface area contributed by atoms with Crippen LogP contribution in [0.25, 0.3) is 10.9 Å². The summed E-state index contributed by atoms with van der Waals surface area (Å²) in [6.07, 6.45) is -3.61. The van der Waals surface area contributed by atoms with Crippen LogP contribution >= 0.6 is 27.5 Å². The number of nitrogens with zero attached hydrogens (tertiary/aromatic N) is 2. The molecule has 3 rings (SSSR count). The minimum absolute atomic E-state index is 0.00223. The third-order valence-electron chi connectivity index (χ3n) is 4.25. The lowest BCUT2D eigenvalue weighted by Crippen LogP contribution is -2.28. The number of rotatable bonds is 4. The predicted molar refractivity (Wildman–Crippen MR) is 111 cm³/mol. The Morgan fingerprint density at radius 1 is 1.20 bits per heavy atom. The molecular formula is C18H14BrClF3N3O3S. The normalized spacial score (nSPS) is 12.5. The summed E-state index contributed by atoms with van der Waals surface area (Å²) >= 11 is 8.97. The van der Waals surface area contributed by atoms with Crippen molar-refractivity contribution in [1.82, 2.24) is 9.66 Å². The standard InChI is InChI=1S/C18H14BrClF3N3O3S/c1-9(2)30(28,29)15-4-3-11(20)7-14(15)25-26-8-24-16-12(17(26)27)5-10(6-13(16)19)18(21,22)23/h3-9,25H,1-2H3. The van der Waals surface area contributed by atoms with Crippen LogP contribution in [0.3, 0.4) is 0 Å². The van der Waals surface area contributed by atoms with Crippen LogP contribution in [0.4, 0.5) is 18.9 Å². The molecule has 0 fully saturated rings. The molecule has 2 aromatic carbocycles. The second kappa shape index (κ2) is 7.86. The molecule has 0 aliphatic rings. The topological polar surface area (TPSA) is 81.1 Å². The number of hydrogen-bond acceptors (Lipinski definition) is 5. The molecule has 30 heavy (non-hydrogen) atoms. The summed E-state index contributed by atoms with van der Waals surface area (Å²) in [5.41, 5.74) is 0.748. The van der Waals surface area contributed by atoms with Crippen molar-refractivity contribution in [3.8, 4) is 0 Å². The van der Waals surface area contributed by atoms with Crippen molar-refractivity contribution in [3.63, 3.8) is 0 Å². The van der Waals surface area contributed by atoms with Gasteiger partial charge >= 0.3 is 6.18 Å². The van der Waals surface area contributed by atoms with Gasteiger partial charge in [0, 0.05) is 9.50 Å². The van der Waals surface area contributed by atoms with Crippen molar-refractivity contribution in [2.24, 2.45) is 0 Å². The Morgan fingerprint density at radius 3 is 2.47 bits per heavy atom. The summed E-state index contributed by atoms with van der Waals surface area (Å²) < 4.78 is 65.5. The Kier molecular flexibility index (Phi) is 5.91. The molecule has 0 spiro atoms. The molecule has 1 aromatic heterocycles. The highest BCUT2D eigenvalue weighted by atomic mass is 79.9. The van der Waals surface area contributed by atoms with E-state index in [1.54, 1.807) is 0 Å². The van der Waals surface area contributed by atoms with Crippen molar-refractivity contribution in [1.29, 1.82) is 0 Å². The van der Waals surface area contributed by atoms with Crippen LogP contribution in [0.15, 0.2) is 50.8 Å². The van der Waals surface area contributed by atoms with E-state index >= 15 is 0 Å². The molecule has 0 saturated heterocycles. The maximum Gasteiger partial charge on any atom is 0.416 e. The molecule has 0 amide bonds. The summed E-state index contributed by atoms with van der Waals surface area (Å²) in [5, 5.41) is -0.859. The number of halogens is 5. The fraction of sp³-hybridized carbons (Fsp3) is 0.222. The van der Waals surface area contributed by atoms with Crippen LogP contribution in [0.1, 0.15) is 19.4 Å². The van der Waals surface area contributed by atoms with Gasteiger partial charge in [-0.15, -0.1) is 0 Å². The van der Waals surface area contributed by atoms with E-state index in [9.17, 15) is 26.4 Å². The molecule has 6 nitrogen and oxygen atoms in total. The van der Waals surface area contributed by atoms with Gasteiger partial charge in [0.05, 0.1) is 32.3 Å². The van der Waals surface area contributed by atoms with E-state index in [0.717, 1.165) is 17.1 Å². The number of sulfone groups is 1. The highest BCUT2D eigenvalue weighted by molar-refractivity contribution is 9.10. The third-order valence-corrected chi connectivity index (χ3v) is 7.30. The highest BCUT2D eigenvalue weighted by Crippen LogP contribution is 2.34. The molecule has 0 atom stereocenters. The fourth-order valence-corrected chi connectivity index (χ4v) is 4.57. The molecule has 3 aromatic rings. The lowest BCUT2D eigenvalue weighted by atomic mass is 10.1. The van der Waals surface area contributed by atoms with Crippen molar-refractivity contribution in [3.05, 3.63) is 62.1 Å². The molecule has 0 aliphatic heterocycles. The van der Waals surface area contributed by atoms with Gasteiger partial charge in [0.2, 0.25) is 0 Å². The quantitative estimate of drug-likeness (QED) is 0.526. The number of fused-ring (bicyclic) bond motifs is 1. The van der Waals surface area contributed by atoms with E-state index in [1.807, 2.05) is 0 Å². The first-order valence-corrected chi connectivity index (χ1v) is 11.1. The van der Waals surface area contributed by atoms with E-state index in [2.05, 4.69) is 26.3 Å². The summed E-state index contributed by atoms with van der Waals surface area (Å²) in [6.45, 7) is 2.99. The van der Waals surface area contributed by atoms with E-state index < -0.39 is 32.4 Å². The summed E-state index contributed by atoms with van der Waals surface area (Å²) in [6, 6.07) is 5.50. The minimum Gasteiger partial charge on any atom is -0.289 e. The first kappa shape index (κ1) is 22.6. The monoisotopic (exact) mass is 523 g/mol. The van der Waals surface area contributed by atoms with Gasteiger partial charge in [0.1, 0.15) is 6.33 Å². The number of anilines is 1. The summed E-state index contributed by atoms with van der Waals surface area (Å²) in [7, 11) is -3.75. The number of nitrogens with one attached hydrogen (secondary N) is 1. The molecule has 0 bridgehead atoms. The average molecular weight is 525 g/mol. The average Bonchev–Trinajstić information content (AvgIpc) is 2.63. The second-order valence-corrected chi connectivity index (χ2v) is 10.4. The van der Waals surface area contributed by atoms with Gasteiger partial charge in [-0.3, -0.25) is 10.2 Å². The van der Waals surface area contributed by atoms with Gasteiger partial charge in [-0.2, -0.15) is 13.2 Å². The maximum atomic E-state index is 13.1. The van der Waals surface area contributed by atoms with E-state index in [0.29, 0.717) is 6.07 Å². The SMILES string of the molecule is CC(C)S(=O)(=O)c1ccc(Cl)cc1Nn1cnc2c(Br)cc(C(F)(F)F)cc2c1=O.